The summed E-state index contributed by atoms with van der Waals surface area (Å²) in [6.45, 7) is 4.53. The minimum atomic E-state index is -0.232. The van der Waals surface area contributed by atoms with Crippen LogP contribution in [-0.4, -0.2) is 39.2 Å². The molecule has 0 atom stereocenters. The Hall–Kier alpha value is -3.14. The molecule has 0 spiro atoms. The van der Waals surface area contributed by atoms with Gasteiger partial charge >= 0.3 is 0 Å². The molecule has 2 heterocycles. The van der Waals surface area contributed by atoms with Gasteiger partial charge in [0, 0.05) is 21.2 Å². The van der Waals surface area contributed by atoms with Crippen LogP contribution < -0.4 is 10.2 Å². The van der Waals surface area contributed by atoms with E-state index in [2.05, 4.69) is 20.7 Å². The summed E-state index contributed by atoms with van der Waals surface area (Å²) in [6.07, 6.45) is 1.66. The second kappa shape index (κ2) is 11.3. The SMILES string of the molecule is CCOc1ccc(-n2c(SCC(=O)N/N=C\c3sccc3C)nnc2-c2ccc(Cl)cc2)cc1. The van der Waals surface area contributed by atoms with Crippen molar-refractivity contribution in [3.8, 4) is 22.8 Å². The number of hydrogen-bond donors (Lipinski definition) is 1. The van der Waals surface area contributed by atoms with Gasteiger partial charge in [0.05, 0.1) is 18.6 Å². The monoisotopic (exact) mass is 511 g/mol. The number of benzene rings is 2. The molecule has 0 saturated carbocycles. The average Bonchev–Trinajstić information content (AvgIpc) is 3.45. The van der Waals surface area contributed by atoms with Gasteiger partial charge < -0.3 is 4.74 Å². The summed E-state index contributed by atoms with van der Waals surface area (Å²) in [7, 11) is 0. The zero-order valence-corrected chi connectivity index (χ0v) is 21.0. The van der Waals surface area contributed by atoms with Crippen LogP contribution in [0.15, 0.2) is 70.2 Å². The lowest BCUT2D eigenvalue weighted by Crippen LogP contribution is -2.20. The summed E-state index contributed by atoms with van der Waals surface area (Å²) in [5.74, 6) is 1.33. The summed E-state index contributed by atoms with van der Waals surface area (Å²) in [4.78, 5) is 13.4. The van der Waals surface area contributed by atoms with Gasteiger partial charge in [-0.3, -0.25) is 9.36 Å². The maximum Gasteiger partial charge on any atom is 0.250 e. The number of halogens is 1. The molecule has 34 heavy (non-hydrogen) atoms. The Bertz CT molecular complexity index is 1280. The van der Waals surface area contributed by atoms with E-state index in [0.29, 0.717) is 22.6 Å². The standard InChI is InChI=1S/C24H22ClN5O2S2/c1-3-32-20-10-8-19(9-11-20)30-23(17-4-6-18(25)7-5-17)28-29-24(30)34-15-22(31)27-26-14-21-16(2)12-13-33-21/h4-14H,3,15H2,1-2H3,(H,27,31)/b26-14-. The van der Waals surface area contributed by atoms with Crippen LogP contribution in [0.4, 0.5) is 0 Å². The van der Waals surface area contributed by atoms with Crippen molar-refractivity contribution in [3.05, 3.63) is 75.4 Å². The minimum absolute atomic E-state index is 0.135. The molecule has 0 aliphatic heterocycles. The van der Waals surface area contributed by atoms with Crippen LogP contribution in [0.2, 0.25) is 5.02 Å². The van der Waals surface area contributed by atoms with Crippen molar-refractivity contribution in [3.63, 3.8) is 0 Å². The first kappa shape index (κ1) is 24.0. The van der Waals surface area contributed by atoms with Crippen molar-refractivity contribution in [1.29, 1.82) is 0 Å². The quantitative estimate of drug-likeness (QED) is 0.180. The molecule has 1 N–H and O–H groups in total. The van der Waals surface area contributed by atoms with Crippen LogP contribution in [0.3, 0.4) is 0 Å². The summed E-state index contributed by atoms with van der Waals surface area (Å²) in [5.41, 5.74) is 5.41. The fourth-order valence-electron chi connectivity index (χ4n) is 3.08. The van der Waals surface area contributed by atoms with E-state index >= 15 is 0 Å². The first-order chi connectivity index (χ1) is 16.5. The molecule has 10 heteroatoms. The highest BCUT2D eigenvalue weighted by atomic mass is 35.5. The zero-order chi connectivity index (χ0) is 23.9. The third-order valence-electron chi connectivity index (χ3n) is 4.75. The molecule has 1 amide bonds. The van der Waals surface area contributed by atoms with Crippen molar-refractivity contribution >= 4 is 46.8 Å². The summed E-state index contributed by atoms with van der Waals surface area (Å²) < 4.78 is 7.47. The van der Waals surface area contributed by atoms with Gasteiger partial charge in [0.2, 0.25) is 0 Å². The van der Waals surface area contributed by atoms with Crippen molar-refractivity contribution in [2.45, 2.75) is 19.0 Å². The predicted molar refractivity (Wildman–Crippen MR) is 138 cm³/mol. The van der Waals surface area contributed by atoms with E-state index in [0.717, 1.165) is 27.4 Å². The molecule has 0 aliphatic rings. The Morgan fingerprint density at radius 1 is 1.18 bits per heavy atom. The van der Waals surface area contributed by atoms with E-state index in [1.165, 1.54) is 11.8 Å². The minimum Gasteiger partial charge on any atom is -0.494 e. The van der Waals surface area contributed by atoms with E-state index in [1.807, 2.05) is 78.4 Å². The van der Waals surface area contributed by atoms with Gasteiger partial charge in [0.25, 0.3) is 5.91 Å². The fourth-order valence-corrected chi connectivity index (χ4v) is 4.74. The average molecular weight is 512 g/mol. The second-order valence-electron chi connectivity index (χ2n) is 7.13. The van der Waals surface area contributed by atoms with E-state index in [1.54, 1.807) is 17.6 Å². The van der Waals surface area contributed by atoms with Crippen LogP contribution >= 0.6 is 34.7 Å². The topological polar surface area (TPSA) is 81.4 Å². The van der Waals surface area contributed by atoms with Gasteiger partial charge in [-0.15, -0.1) is 21.5 Å². The first-order valence-electron chi connectivity index (χ1n) is 10.5. The molecule has 0 unspecified atom stereocenters. The molecule has 2 aromatic heterocycles. The second-order valence-corrected chi connectivity index (χ2v) is 9.45. The number of carbonyl (C=O) groups excluding carboxylic acids is 1. The molecule has 0 fully saturated rings. The Balaban J connectivity index is 1.54. The number of hydrazone groups is 1. The van der Waals surface area contributed by atoms with Crippen LogP contribution in [0.5, 0.6) is 5.75 Å². The third-order valence-corrected chi connectivity index (χ3v) is 6.88. The molecular weight excluding hydrogens is 490 g/mol. The highest BCUT2D eigenvalue weighted by Crippen LogP contribution is 2.29. The molecule has 0 radical (unpaired) electrons. The van der Waals surface area contributed by atoms with E-state index < -0.39 is 0 Å². The number of thioether (sulfide) groups is 1. The number of thiophene rings is 1. The van der Waals surface area contributed by atoms with Gasteiger partial charge in [-0.1, -0.05) is 23.4 Å². The fraction of sp³-hybridized carbons (Fsp3) is 0.167. The Morgan fingerprint density at radius 2 is 1.94 bits per heavy atom. The molecule has 7 nitrogen and oxygen atoms in total. The normalized spacial score (nSPS) is 11.1. The van der Waals surface area contributed by atoms with Crippen molar-refractivity contribution in [2.24, 2.45) is 5.10 Å². The molecular formula is C24H22ClN5O2S2. The van der Waals surface area contributed by atoms with Gasteiger partial charge in [-0.05, 0) is 79.4 Å². The summed E-state index contributed by atoms with van der Waals surface area (Å²) >= 11 is 8.91. The lowest BCUT2D eigenvalue weighted by molar-refractivity contribution is -0.118. The van der Waals surface area contributed by atoms with E-state index in [4.69, 9.17) is 16.3 Å². The molecule has 0 saturated heterocycles. The van der Waals surface area contributed by atoms with Crippen molar-refractivity contribution in [2.75, 3.05) is 12.4 Å². The summed E-state index contributed by atoms with van der Waals surface area (Å²) in [5, 5.41) is 16.0. The highest BCUT2D eigenvalue weighted by molar-refractivity contribution is 7.99. The van der Waals surface area contributed by atoms with Crippen molar-refractivity contribution in [1.82, 2.24) is 20.2 Å². The van der Waals surface area contributed by atoms with E-state index in [-0.39, 0.29) is 11.7 Å². The third kappa shape index (κ3) is 5.85. The molecule has 174 valence electrons. The number of hydrogen-bond acceptors (Lipinski definition) is 7. The number of ether oxygens (including phenoxy) is 1. The largest absolute Gasteiger partial charge is 0.494 e. The smallest absolute Gasteiger partial charge is 0.250 e. The lowest BCUT2D eigenvalue weighted by atomic mass is 10.2. The molecule has 4 aromatic rings. The Labute approximate surface area is 210 Å². The maximum atomic E-state index is 12.4. The lowest BCUT2D eigenvalue weighted by Gasteiger charge is -2.11. The molecule has 0 aliphatic carbocycles. The Morgan fingerprint density at radius 3 is 2.62 bits per heavy atom. The first-order valence-corrected chi connectivity index (χ1v) is 12.7. The van der Waals surface area contributed by atoms with E-state index in [9.17, 15) is 4.79 Å². The maximum absolute atomic E-state index is 12.4. The van der Waals surface area contributed by atoms with Crippen LogP contribution in [0, 0.1) is 6.92 Å². The number of nitrogens with zero attached hydrogens (tertiary/aromatic N) is 4. The van der Waals surface area contributed by atoms with Gasteiger partial charge in [0.15, 0.2) is 11.0 Å². The molecule has 2 aromatic carbocycles. The number of aromatic nitrogens is 3. The predicted octanol–water partition coefficient (Wildman–Crippen LogP) is 5.60. The van der Waals surface area contributed by atoms with Crippen LogP contribution in [0.25, 0.3) is 17.1 Å². The number of nitrogens with one attached hydrogen (secondary N) is 1. The number of rotatable bonds is 9. The number of amides is 1. The molecule has 4 rings (SSSR count). The van der Waals surface area contributed by atoms with Gasteiger partial charge in [0.1, 0.15) is 5.75 Å². The molecule has 0 bridgehead atoms. The zero-order valence-electron chi connectivity index (χ0n) is 18.6. The highest BCUT2D eigenvalue weighted by Gasteiger charge is 2.17. The Kier molecular flexibility index (Phi) is 7.99. The number of aryl methyl sites for hydroxylation is 1. The van der Waals surface area contributed by atoms with Gasteiger partial charge in [-0.25, -0.2) is 5.43 Å². The van der Waals surface area contributed by atoms with Crippen LogP contribution in [0.1, 0.15) is 17.4 Å². The number of carbonyl (C=O) groups is 1. The van der Waals surface area contributed by atoms with Gasteiger partial charge in [-0.2, -0.15) is 5.10 Å². The van der Waals surface area contributed by atoms with Crippen molar-refractivity contribution < 1.29 is 9.53 Å². The summed E-state index contributed by atoms with van der Waals surface area (Å²) in [6, 6.07) is 17.1. The van der Waals surface area contributed by atoms with Crippen LogP contribution in [-0.2, 0) is 4.79 Å².